The van der Waals surface area contributed by atoms with Gasteiger partial charge in [-0.15, -0.1) is 0 Å². The van der Waals surface area contributed by atoms with Gasteiger partial charge in [-0.1, -0.05) is 12.1 Å². The van der Waals surface area contributed by atoms with E-state index in [0.29, 0.717) is 40.7 Å². The summed E-state index contributed by atoms with van der Waals surface area (Å²) in [5, 5.41) is 13.6. The smallest absolute Gasteiger partial charge is 0.303 e. The highest BCUT2D eigenvalue weighted by Crippen LogP contribution is 2.41. The number of aromatic nitrogens is 2. The van der Waals surface area contributed by atoms with Crippen LogP contribution in [-0.2, 0) is 10.7 Å². The van der Waals surface area contributed by atoms with Crippen LogP contribution in [0, 0.1) is 12.7 Å². The summed E-state index contributed by atoms with van der Waals surface area (Å²) in [5.74, 6) is -3.16. The van der Waals surface area contributed by atoms with Crippen molar-refractivity contribution in [2.24, 2.45) is 0 Å². The lowest BCUT2D eigenvalue weighted by atomic mass is 9.91. The fraction of sp³-hybridized carbons (Fsp3) is 0.440. The quantitative estimate of drug-likeness (QED) is 0.378. The Labute approximate surface area is 202 Å². The second-order valence-corrected chi connectivity index (χ2v) is 8.69. The van der Waals surface area contributed by atoms with Crippen LogP contribution in [0.4, 0.5) is 19.0 Å². The third-order valence-corrected chi connectivity index (χ3v) is 5.59. The molecule has 0 saturated carbocycles. The van der Waals surface area contributed by atoms with Crippen LogP contribution < -0.4 is 14.8 Å². The fourth-order valence-electron chi connectivity index (χ4n) is 3.61. The van der Waals surface area contributed by atoms with Crippen LogP contribution in [0.5, 0.6) is 11.5 Å². The van der Waals surface area contributed by atoms with Crippen molar-refractivity contribution in [1.29, 1.82) is 0 Å². The molecule has 0 aliphatic rings. The van der Waals surface area contributed by atoms with E-state index in [1.807, 2.05) is 0 Å². The van der Waals surface area contributed by atoms with E-state index in [4.69, 9.17) is 14.2 Å². The van der Waals surface area contributed by atoms with Crippen LogP contribution in [0.1, 0.15) is 43.8 Å². The van der Waals surface area contributed by atoms with Crippen LogP contribution in [0.15, 0.2) is 30.3 Å². The van der Waals surface area contributed by atoms with Gasteiger partial charge in [0.1, 0.15) is 29.7 Å². The summed E-state index contributed by atoms with van der Waals surface area (Å²) in [6.45, 7) is 5.88. The Balaban J connectivity index is 2.03. The number of rotatable bonds is 10. The number of methoxy groups -OCH3 is 2. The minimum Gasteiger partial charge on any atom is -0.493 e. The summed E-state index contributed by atoms with van der Waals surface area (Å²) in [6, 6.07) is 6.38. The van der Waals surface area contributed by atoms with Crippen LogP contribution in [-0.4, -0.2) is 48.1 Å². The van der Waals surface area contributed by atoms with Crippen molar-refractivity contribution in [3.05, 3.63) is 53.1 Å². The lowest BCUT2D eigenvalue weighted by Crippen LogP contribution is -2.41. The van der Waals surface area contributed by atoms with Gasteiger partial charge in [0.05, 0.1) is 30.8 Å². The van der Waals surface area contributed by atoms with Gasteiger partial charge in [0.25, 0.3) is 0 Å². The standard InChI is InChI=1S/C25H30F3N3O4/c1-14(16-8-7-9-18(22(16)26)25(27,28)24(3,4)32)29-23-17-12-21(35-11-10-33-5)20(34-6)13-19(17)30-15(2)31-23/h7-9,12-14,32H,10-11H2,1-6H3,(H,29,30,31)/t14-/m1/s1. The van der Waals surface area contributed by atoms with Crippen LogP contribution in [0.25, 0.3) is 10.9 Å². The molecule has 2 N–H and O–H groups in total. The average Bonchev–Trinajstić information content (AvgIpc) is 2.78. The number of benzene rings is 2. The number of nitrogens with one attached hydrogen (secondary N) is 1. The third kappa shape index (κ3) is 5.43. The Morgan fingerprint density at radius 3 is 2.43 bits per heavy atom. The minimum absolute atomic E-state index is 0.000852. The largest absolute Gasteiger partial charge is 0.493 e. The fourth-order valence-corrected chi connectivity index (χ4v) is 3.61. The topological polar surface area (TPSA) is 85.7 Å². The second kappa shape index (κ2) is 10.2. The molecule has 0 amide bonds. The van der Waals surface area contributed by atoms with Crippen LogP contribution in [0.3, 0.4) is 0 Å². The van der Waals surface area contributed by atoms with E-state index in [9.17, 15) is 13.9 Å². The molecular weight excluding hydrogens is 463 g/mol. The molecule has 1 atom stereocenters. The highest BCUT2D eigenvalue weighted by atomic mass is 19.3. The SMILES string of the molecule is COCCOc1cc2c(N[C@H](C)c3cccc(C(F)(F)C(C)(C)O)c3F)nc(C)nc2cc1OC. The van der Waals surface area contributed by atoms with E-state index < -0.39 is 28.9 Å². The number of aryl methyl sites for hydroxylation is 1. The second-order valence-electron chi connectivity index (χ2n) is 8.69. The predicted molar refractivity (Wildman–Crippen MR) is 127 cm³/mol. The number of alkyl halides is 2. The number of hydrogen-bond donors (Lipinski definition) is 2. The Morgan fingerprint density at radius 1 is 1.09 bits per heavy atom. The van der Waals surface area contributed by atoms with Crippen molar-refractivity contribution in [3.8, 4) is 11.5 Å². The minimum atomic E-state index is -3.80. The van der Waals surface area contributed by atoms with E-state index in [-0.39, 0.29) is 12.2 Å². The molecule has 35 heavy (non-hydrogen) atoms. The average molecular weight is 494 g/mol. The van der Waals surface area contributed by atoms with Gasteiger partial charge in [-0.3, -0.25) is 0 Å². The number of anilines is 1. The molecule has 1 aromatic heterocycles. The first-order valence-corrected chi connectivity index (χ1v) is 11.0. The predicted octanol–water partition coefficient (Wildman–Crippen LogP) is 5.15. The molecule has 0 saturated heterocycles. The summed E-state index contributed by atoms with van der Waals surface area (Å²) in [4.78, 5) is 8.89. The highest BCUT2D eigenvalue weighted by molar-refractivity contribution is 5.92. The van der Waals surface area contributed by atoms with Crippen molar-refractivity contribution in [1.82, 2.24) is 9.97 Å². The molecule has 3 rings (SSSR count). The Morgan fingerprint density at radius 2 is 1.80 bits per heavy atom. The van der Waals surface area contributed by atoms with Crippen molar-refractivity contribution >= 4 is 16.7 Å². The summed E-state index contributed by atoms with van der Waals surface area (Å²) < 4.78 is 60.9. The molecule has 0 spiro atoms. The zero-order valence-electron chi connectivity index (χ0n) is 20.6. The van der Waals surface area contributed by atoms with Gasteiger partial charge in [-0.25, -0.2) is 14.4 Å². The summed E-state index contributed by atoms with van der Waals surface area (Å²) in [6.07, 6.45) is 0. The first-order chi connectivity index (χ1) is 16.4. The van der Waals surface area contributed by atoms with E-state index in [1.165, 1.54) is 19.2 Å². The van der Waals surface area contributed by atoms with Gasteiger partial charge in [-0.05, 0) is 39.8 Å². The molecule has 0 aliphatic heterocycles. The normalized spacial score (nSPS) is 13.1. The monoisotopic (exact) mass is 493 g/mol. The molecule has 190 valence electrons. The number of hydrogen-bond acceptors (Lipinski definition) is 7. The van der Waals surface area contributed by atoms with Crippen molar-refractivity contribution in [2.75, 3.05) is 32.8 Å². The maximum Gasteiger partial charge on any atom is 0.303 e. The number of fused-ring (bicyclic) bond motifs is 1. The maximum atomic E-state index is 15.3. The molecule has 0 radical (unpaired) electrons. The molecule has 10 heteroatoms. The first kappa shape index (κ1) is 26.5. The van der Waals surface area contributed by atoms with E-state index >= 15 is 4.39 Å². The lowest BCUT2D eigenvalue weighted by Gasteiger charge is -2.30. The van der Waals surface area contributed by atoms with E-state index in [0.717, 1.165) is 19.9 Å². The lowest BCUT2D eigenvalue weighted by molar-refractivity contribution is -0.170. The Hall–Kier alpha value is -3.11. The van der Waals surface area contributed by atoms with Gasteiger partial charge in [0.2, 0.25) is 0 Å². The molecule has 2 aromatic carbocycles. The van der Waals surface area contributed by atoms with Gasteiger partial charge in [0, 0.05) is 24.1 Å². The van der Waals surface area contributed by atoms with Gasteiger partial charge >= 0.3 is 5.92 Å². The van der Waals surface area contributed by atoms with Gasteiger partial charge in [0.15, 0.2) is 11.5 Å². The number of ether oxygens (including phenoxy) is 3. The number of aliphatic hydroxyl groups is 1. The van der Waals surface area contributed by atoms with Gasteiger partial charge < -0.3 is 24.6 Å². The summed E-state index contributed by atoms with van der Waals surface area (Å²) >= 11 is 0. The van der Waals surface area contributed by atoms with Gasteiger partial charge in [-0.2, -0.15) is 8.78 Å². The first-order valence-electron chi connectivity index (χ1n) is 11.0. The molecule has 0 unspecified atom stereocenters. The van der Waals surface area contributed by atoms with Crippen molar-refractivity contribution in [2.45, 2.75) is 45.3 Å². The Kier molecular flexibility index (Phi) is 7.76. The maximum absolute atomic E-state index is 15.3. The third-order valence-electron chi connectivity index (χ3n) is 5.59. The molecule has 0 bridgehead atoms. The molecule has 3 aromatic rings. The van der Waals surface area contributed by atoms with Crippen LogP contribution in [0.2, 0.25) is 0 Å². The number of nitrogens with zero attached hydrogens (tertiary/aromatic N) is 2. The summed E-state index contributed by atoms with van der Waals surface area (Å²) in [5.41, 5.74) is -2.76. The Bertz CT molecular complexity index is 1200. The number of halogens is 3. The zero-order valence-corrected chi connectivity index (χ0v) is 20.6. The van der Waals surface area contributed by atoms with E-state index in [1.54, 1.807) is 33.1 Å². The van der Waals surface area contributed by atoms with Crippen molar-refractivity contribution < 1.29 is 32.5 Å². The van der Waals surface area contributed by atoms with Crippen LogP contribution >= 0.6 is 0 Å². The molecule has 0 fully saturated rings. The molecule has 0 aliphatic carbocycles. The molecule has 7 nitrogen and oxygen atoms in total. The van der Waals surface area contributed by atoms with E-state index in [2.05, 4.69) is 15.3 Å². The summed E-state index contributed by atoms with van der Waals surface area (Å²) in [7, 11) is 3.07. The zero-order chi connectivity index (χ0) is 26.0. The molecular formula is C25H30F3N3O4. The highest BCUT2D eigenvalue weighted by Gasteiger charge is 2.49. The molecule has 1 heterocycles. The van der Waals surface area contributed by atoms with Crippen molar-refractivity contribution in [3.63, 3.8) is 0 Å².